The third-order valence-electron chi connectivity index (χ3n) is 4.09. The van der Waals surface area contributed by atoms with Crippen LogP contribution in [0.5, 0.6) is 0 Å². The maximum atomic E-state index is 12.0. The Labute approximate surface area is 120 Å². The van der Waals surface area contributed by atoms with E-state index in [1.165, 1.54) is 19.3 Å². The van der Waals surface area contributed by atoms with E-state index in [2.05, 4.69) is 11.9 Å². The second kappa shape index (κ2) is 6.75. The van der Waals surface area contributed by atoms with Gasteiger partial charge in [-0.05, 0) is 57.5 Å². The summed E-state index contributed by atoms with van der Waals surface area (Å²) in [6.07, 6.45) is 4.65. The molecule has 0 amide bonds. The van der Waals surface area contributed by atoms with Crippen LogP contribution in [0, 0.1) is 6.92 Å². The second-order valence-corrected chi connectivity index (χ2v) is 5.63. The number of ether oxygens (including phenoxy) is 1. The molecule has 1 fully saturated rings. The van der Waals surface area contributed by atoms with Crippen LogP contribution in [-0.4, -0.2) is 37.1 Å². The molecule has 2 N–H and O–H groups in total. The summed E-state index contributed by atoms with van der Waals surface area (Å²) in [6.45, 7) is 3.51. The zero-order chi connectivity index (χ0) is 14.5. The molecule has 4 heteroatoms. The van der Waals surface area contributed by atoms with E-state index in [1.807, 2.05) is 13.0 Å². The molecule has 110 valence electrons. The van der Waals surface area contributed by atoms with Crippen molar-refractivity contribution in [2.24, 2.45) is 0 Å². The number of aryl methyl sites for hydroxylation is 1. The molecule has 2 rings (SSSR count). The summed E-state index contributed by atoms with van der Waals surface area (Å²) < 4.78 is 5.39. The van der Waals surface area contributed by atoms with E-state index < -0.39 is 0 Å². The van der Waals surface area contributed by atoms with Gasteiger partial charge in [0.1, 0.15) is 0 Å². The maximum Gasteiger partial charge on any atom is 0.338 e. The number of rotatable bonds is 4. The highest BCUT2D eigenvalue weighted by Gasteiger charge is 2.19. The lowest BCUT2D eigenvalue weighted by Crippen LogP contribution is -2.37. The molecular formula is C16H24N2O2. The van der Waals surface area contributed by atoms with Gasteiger partial charge in [-0.1, -0.05) is 12.5 Å². The first kappa shape index (κ1) is 14.9. The first-order valence-corrected chi connectivity index (χ1v) is 7.31. The van der Waals surface area contributed by atoms with Crippen LogP contribution < -0.4 is 5.73 Å². The average Bonchev–Trinajstić information content (AvgIpc) is 2.43. The summed E-state index contributed by atoms with van der Waals surface area (Å²) in [4.78, 5) is 14.4. The molecule has 1 aromatic carbocycles. The van der Waals surface area contributed by atoms with Crippen molar-refractivity contribution >= 4 is 11.7 Å². The molecule has 1 saturated heterocycles. The van der Waals surface area contributed by atoms with E-state index in [0.717, 1.165) is 18.5 Å². The number of likely N-dealkylation sites (tertiary alicyclic amines) is 1. The number of carbonyl (C=O) groups excluding carboxylic acids is 1. The molecule has 0 radical (unpaired) electrons. The molecule has 1 aliphatic rings. The van der Waals surface area contributed by atoms with Crippen LogP contribution in [0.3, 0.4) is 0 Å². The number of esters is 1. The Morgan fingerprint density at radius 3 is 3.00 bits per heavy atom. The quantitative estimate of drug-likeness (QED) is 0.678. The number of nitrogen functional groups attached to an aromatic ring is 1. The third kappa shape index (κ3) is 3.73. The molecule has 4 nitrogen and oxygen atoms in total. The van der Waals surface area contributed by atoms with Crippen LogP contribution in [-0.2, 0) is 4.74 Å². The summed E-state index contributed by atoms with van der Waals surface area (Å²) >= 11 is 0. The Balaban J connectivity index is 1.84. The number of nitrogens with two attached hydrogens (primary N) is 1. The average molecular weight is 276 g/mol. The molecule has 1 atom stereocenters. The zero-order valence-electron chi connectivity index (χ0n) is 12.4. The van der Waals surface area contributed by atoms with E-state index >= 15 is 0 Å². The molecule has 0 saturated carbocycles. The summed E-state index contributed by atoms with van der Waals surface area (Å²) in [6, 6.07) is 5.87. The number of hydrogen-bond donors (Lipinski definition) is 1. The van der Waals surface area contributed by atoms with Crippen LogP contribution in [0.15, 0.2) is 18.2 Å². The van der Waals surface area contributed by atoms with Crippen LogP contribution in [0.2, 0.25) is 0 Å². The molecule has 1 aliphatic heterocycles. The topological polar surface area (TPSA) is 55.6 Å². The zero-order valence-corrected chi connectivity index (χ0v) is 12.4. The van der Waals surface area contributed by atoms with Crippen molar-refractivity contribution < 1.29 is 9.53 Å². The Kier molecular flexibility index (Phi) is 5.01. The van der Waals surface area contributed by atoms with E-state index in [1.54, 1.807) is 12.1 Å². The van der Waals surface area contributed by atoms with Crippen LogP contribution in [0.1, 0.15) is 41.6 Å². The smallest absolute Gasteiger partial charge is 0.338 e. The van der Waals surface area contributed by atoms with E-state index in [-0.39, 0.29) is 5.97 Å². The fourth-order valence-corrected chi connectivity index (χ4v) is 2.73. The summed E-state index contributed by atoms with van der Waals surface area (Å²) in [5.41, 5.74) is 7.78. The van der Waals surface area contributed by atoms with Crippen molar-refractivity contribution in [3.05, 3.63) is 29.3 Å². The van der Waals surface area contributed by atoms with Gasteiger partial charge in [0.05, 0.1) is 12.2 Å². The normalized spacial score (nSPS) is 19.8. The lowest BCUT2D eigenvalue weighted by molar-refractivity contribution is 0.0449. The van der Waals surface area contributed by atoms with Gasteiger partial charge >= 0.3 is 5.97 Å². The summed E-state index contributed by atoms with van der Waals surface area (Å²) in [5, 5.41) is 0. The highest BCUT2D eigenvalue weighted by Crippen LogP contribution is 2.18. The molecule has 1 heterocycles. The molecule has 0 bridgehead atoms. The Hall–Kier alpha value is -1.55. The third-order valence-corrected chi connectivity index (χ3v) is 4.09. The van der Waals surface area contributed by atoms with Gasteiger partial charge in [0, 0.05) is 11.7 Å². The summed E-state index contributed by atoms with van der Waals surface area (Å²) in [5.74, 6) is -0.270. The SMILES string of the molecule is Cc1ccc(N)cc1C(=O)OCCC1CCCCN1C. The standard InChI is InChI=1S/C16H24N2O2/c1-12-6-7-13(17)11-15(12)16(19)20-10-8-14-5-3-4-9-18(14)2/h6-7,11,14H,3-5,8-10,17H2,1-2H3. The molecule has 0 aromatic heterocycles. The fourth-order valence-electron chi connectivity index (χ4n) is 2.73. The number of carbonyl (C=O) groups is 1. The Bertz CT molecular complexity index is 474. The lowest BCUT2D eigenvalue weighted by atomic mass is 10.0. The van der Waals surface area contributed by atoms with Gasteiger partial charge in [-0.2, -0.15) is 0 Å². The van der Waals surface area contributed by atoms with Crippen molar-refractivity contribution in [1.29, 1.82) is 0 Å². The highest BCUT2D eigenvalue weighted by atomic mass is 16.5. The number of hydrogen-bond acceptors (Lipinski definition) is 4. The van der Waals surface area contributed by atoms with Crippen molar-refractivity contribution in [3.8, 4) is 0 Å². The predicted octanol–water partition coefficient (Wildman–Crippen LogP) is 2.61. The van der Waals surface area contributed by atoms with E-state index in [0.29, 0.717) is 23.9 Å². The number of anilines is 1. The van der Waals surface area contributed by atoms with Crippen molar-refractivity contribution in [1.82, 2.24) is 4.90 Å². The van der Waals surface area contributed by atoms with Crippen LogP contribution in [0.25, 0.3) is 0 Å². The van der Waals surface area contributed by atoms with Gasteiger partial charge in [0.15, 0.2) is 0 Å². The number of benzene rings is 1. The largest absolute Gasteiger partial charge is 0.462 e. The Morgan fingerprint density at radius 2 is 2.25 bits per heavy atom. The predicted molar refractivity (Wildman–Crippen MR) is 80.8 cm³/mol. The van der Waals surface area contributed by atoms with Crippen molar-refractivity contribution in [3.63, 3.8) is 0 Å². The van der Waals surface area contributed by atoms with Gasteiger partial charge < -0.3 is 15.4 Å². The van der Waals surface area contributed by atoms with Gasteiger partial charge in [-0.15, -0.1) is 0 Å². The van der Waals surface area contributed by atoms with Gasteiger partial charge in [0.2, 0.25) is 0 Å². The monoisotopic (exact) mass is 276 g/mol. The van der Waals surface area contributed by atoms with Gasteiger partial charge in [-0.25, -0.2) is 4.79 Å². The first-order chi connectivity index (χ1) is 9.58. The lowest BCUT2D eigenvalue weighted by Gasteiger charge is -2.32. The van der Waals surface area contributed by atoms with E-state index in [4.69, 9.17) is 10.5 Å². The highest BCUT2D eigenvalue weighted by molar-refractivity contribution is 5.92. The number of nitrogens with zero attached hydrogens (tertiary/aromatic N) is 1. The molecule has 20 heavy (non-hydrogen) atoms. The van der Waals surface area contributed by atoms with Gasteiger partial charge in [-0.3, -0.25) is 0 Å². The molecule has 0 spiro atoms. The second-order valence-electron chi connectivity index (χ2n) is 5.63. The number of piperidine rings is 1. The maximum absolute atomic E-state index is 12.0. The molecule has 1 aromatic rings. The fraction of sp³-hybridized carbons (Fsp3) is 0.562. The summed E-state index contributed by atoms with van der Waals surface area (Å²) in [7, 11) is 2.15. The van der Waals surface area contributed by atoms with E-state index in [9.17, 15) is 4.79 Å². The molecule has 0 aliphatic carbocycles. The van der Waals surface area contributed by atoms with Crippen LogP contribution >= 0.6 is 0 Å². The minimum atomic E-state index is -0.270. The minimum absolute atomic E-state index is 0.270. The van der Waals surface area contributed by atoms with Gasteiger partial charge in [0.25, 0.3) is 0 Å². The van der Waals surface area contributed by atoms with Crippen molar-refractivity contribution in [2.75, 3.05) is 25.9 Å². The molecule has 1 unspecified atom stereocenters. The Morgan fingerprint density at radius 1 is 1.45 bits per heavy atom. The minimum Gasteiger partial charge on any atom is -0.462 e. The molecular weight excluding hydrogens is 252 g/mol. The van der Waals surface area contributed by atoms with Crippen molar-refractivity contribution in [2.45, 2.75) is 38.6 Å². The first-order valence-electron chi connectivity index (χ1n) is 7.31. The van der Waals surface area contributed by atoms with Crippen LogP contribution in [0.4, 0.5) is 5.69 Å².